The first-order chi connectivity index (χ1) is 7.14. The molecule has 1 rings (SSSR count). The Hall–Kier alpha value is 0.400. The smallest absolute Gasteiger partial charge is 0.158 e. The van der Waals surface area contributed by atoms with Gasteiger partial charge in [-0.3, -0.25) is 0 Å². The number of halogens is 1. The Morgan fingerprint density at radius 1 is 1.33 bits per heavy atom. The Bertz CT molecular complexity index is 165. The van der Waals surface area contributed by atoms with Crippen LogP contribution in [-0.4, -0.2) is 23.8 Å². The summed E-state index contributed by atoms with van der Waals surface area (Å²) in [5.74, 6) is 0. The second-order valence-corrected chi connectivity index (χ2v) is 5.61. The topological polar surface area (TPSA) is 18.5 Å². The Labute approximate surface area is 102 Å². The monoisotopic (exact) mass is 278 g/mol. The van der Waals surface area contributed by atoms with Crippen LogP contribution in [0.15, 0.2) is 0 Å². The summed E-state index contributed by atoms with van der Waals surface area (Å²) in [6.07, 6.45) is 7.06. The lowest BCUT2D eigenvalue weighted by Gasteiger charge is -2.32. The van der Waals surface area contributed by atoms with E-state index >= 15 is 0 Å². The Kier molecular flexibility index (Phi) is 6.17. The second kappa shape index (κ2) is 6.87. The van der Waals surface area contributed by atoms with Crippen molar-refractivity contribution in [3.63, 3.8) is 0 Å². The maximum absolute atomic E-state index is 5.99. The van der Waals surface area contributed by atoms with Crippen molar-refractivity contribution in [1.29, 1.82) is 0 Å². The van der Waals surface area contributed by atoms with Gasteiger partial charge in [0.1, 0.15) is 0 Å². The average molecular weight is 279 g/mol. The highest BCUT2D eigenvalue weighted by Gasteiger charge is 2.25. The first-order valence-corrected chi connectivity index (χ1v) is 7.11. The predicted octanol–water partition coefficient (Wildman–Crippen LogP) is 3.87. The molecule has 0 aromatic carbocycles. The standard InChI is InChI=1S/C12H23BrO2/c1-12(2,8-4-5-9-13)15-11-7-3-6-10-14-11/h11H,3-10H2,1-2H3. The molecule has 0 bridgehead atoms. The molecule has 1 aliphatic heterocycles. The molecule has 1 unspecified atom stereocenters. The summed E-state index contributed by atoms with van der Waals surface area (Å²) >= 11 is 3.45. The number of hydrogen-bond donors (Lipinski definition) is 0. The molecule has 0 radical (unpaired) electrons. The molecule has 0 spiro atoms. The Balaban J connectivity index is 2.20. The van der Waals surface area contributed by atoms with Crippen LogP contribution >= 0.6 is 15.9 Å². The van der Waals surface area contributed by atoms with Crippen molar-refractivity contribution >= 4 is 15.9 Å². The first kappa shape index (κ1) is 13.5. The fraction of sp³-hybridized carbons (Fsp3) is 1.00. The van der Waals surface area contributed by atoms with Crippen LogP contribution in [0.5, 0.6) is 0 Å². The minimum atomic E-state index is -0.0375. The minimum Gasteiger partial charge on any atom is -0.353 e. The van der Waals surface area contributed by atoms with Gasteiger partial charge in [-0.1, -0.05) is 15.9 Å². The second-order valence-electron chi connectivity index (χ2n) is 4.82. The quantitative estimate of drug-likeness (QED) is 0.542. The lowest BCUT2D eigenvalue weighted by Crippen LogP contribution is -2.34. The highest BCUT2D eigenvalue weighted by Crippen LogP contribution is 2.24. The summed E-state index contributed by atoms with van der Waals surface area (Å²) in [6, 6.07) is 0. The van der Waals surface area contributed by atoms with E-state index in [2.05, 4.69) is 29.8 Å². The van der Waals surface area contributed by atoms with Crippen molar-refractivity contribution in [3.8, 4) is 0 Å². The molecule has 3 heteroatoms. The van der Waals surface area contributed by atoms with Gasteiger partial charge in [0, 0.05) is 11.9 Å². The van der Waals surface area contributed by atoms with Gasteiger partial charge >= 0.3 is 0 Å². The zero-order chi connectivity index (χ0) is 11.1. The predicted molar refractivity (Wildman–Crippen MR) is 66.4 cm³/mol. The van der Waals surface area contributed by atoms with Gasteiger partial charge in [-0.25, -0.2) is 0 Å². The summed E-state index contributed by atoms with van der Waals surface area (Å²) < 4.78 is 11.6. The van der Waals surface area contributed by atoms with E-state index in [1.54, 1.807) is 0 Å². The van der Waals surface area contributed by atoms with Gasteiger partial charge in [-0.05, 0) is 52.4 Å². The van der Waals surface area contributed by atoms with E-state index in [1.807, 2.05) is 0 Å². The van der Waals surface area contributed by atoms with E-state index in [9.17, 15) is 0 Å². The molecule has 1 aliphatic rings. The van der Waals surface area contributed by atoms with Gasteiger partial charge in [0.15, 0.2) is 6.29 Å². The number of ether oxygens (including phenoxy) is 2. The van der Waals surface area contributed by atoms with Crippen LogP contribution in [0.2, 0.25) is 0 Å². The van der Waals surface area contributed by atoms with Crippen molar-refractivity contribution in [2.45, 2.75) is 64.3 Å². The molecule has 0 aromatic rings. The molecule has 0 N–H and O–H groups in total. The van der Waals surface area contributed by atoms with Gasteiger partial charge in [0.25, 0.3) is 0 Å². The van der Waals surface area contributed by atoms with Crippen molar-refractivity contribution in [3.05, 3.63) is 0 Å². The zero-order valence-corrected chi connectivity index (χ0v) is 11.5. The van der Waals surface area contributed by atoms with Crippen molar-refractivity contribution < 1.29 is 9.47 Å². The Morgan fingerprint density at radius 2 is 2.13 bits per heavy atom. The molecule has 1 atom stereocenters. The molecule has 90 valence electrons. The SMILES string of the molecule is CC(C)(CCCCBr)OC1CCCCO1. The van der Waals surface area contributed by atoms with Gasteiger partial charge in [-0.2, -0.15) is 0 Å². The average Bonchev–Trinajstić information content (AvgIpc) is 2.18. The van der Waals surface area contributed by atoms with Crippen LogP contribution in [-0.2, 0) is 9.47 Å². The largest absolute Gasteiger partial charge is 0.353 e. The summed E-state index contributed by atoms with van der Waals surface area (Å²) in [5, 5.41) is 1.09. The summed E-state index contributed by atoms with van der Waals surface area (Å²) in [6.45, 7) is 5.19. The lowest BCUT2D eigenvalue weighted by atomic mass is 10.0. The highest BCUT2D eigenvalue weighted by molar-refractivity contribution is 9.09. The van der Waals surface area contributed by atoms with Gasteiger partial charge in [-0.15, -0.1) is 0 Å². The van der Waals surface area contributed by atoms with Crippen LogP contribution in [0.25, 0.3) is 0 Å². The maximum Gasteiger partial charge on any atom is 0.158 e. The molecule has 0 saturated carbocycles. The Morgan fingerprint density at radius 3 is 2.73 bits per heavy atom. The molecule has 1 saturated heterocycles. The zero-order valence-electron chi connectivity index (χ0n) is 9.93. The lowest BCUT2D eigenvalue weighted by molar-refractivity contribution is -0.217. The first-order valence-electron chi connectivity index (χ1n) is 5.99. The third-order valence-corrected chi connectivity index (χ3v) is 3.31. The van der Waals surface area contributed by atoms with Crippen LogP contribution < -0.4 is 0 Å². The van der Waals surface area contributed by atoms with E-state index in [0.29, 0.717) is 0 Å². The number of rotatable bonds is 6. The van der Waals surface area contributed by atoms with Gasteiger partial charge < -0.3 is 9.47 Å². The highest BCUT2D eigenvalue weighted by atomic mass is 79.9. The van der Waals surface area contributed by atoms with E-state index in [0.717, 1.165) is 24.8 Å². The van der Waals surface area contributed by atoms with E-state index in [1.165, 1.54) is 25.7 Å². The summed E-state index contributed by atoms with van der Waals surface area (Å²) in [5.41, 5.74) is -0.0375. The molecule has 1 heterocycles. The van der Waals surface area contributed by atoms with Crippen molar-refractivity contribution in [2.24, 2.45) is 0 Å². The molecule has 0 amide bonds. The fourth-order valence-electron chi connectivity index (χ4n) is 1.86. The van der Waals surface area contributed by atoms with Crippen LogP contribution in [0.1, 0.15) is 52.4 Å². The summed E-state index contributed by atoms with van der Waals surface area (Å²) in [7, 11) is 0. The van der Waals surface area contributed by atoms with E-state index in [-0.39, 0.29) is 11.9 Å². The molecule has 15 heavy (non-hydrogen) atoms. The minimum absolute atomic E-state index is 0.0375. The summed E-state index contributed by atoms with van der Waals surface area (Å²) in [4.78, 5) is 0. The number of alkyl halides is 1. The molecule has 0 aromatic heterocycles. The number of hydrogen-bond acceptors (Lipinski definition) is 2. The normalized spacial score (nSPS) is 23.0. The van der Waals surface area contributed by atoms with E-state index in [4.69, 9.17) is 9.47 Å². The van der Waals surface area contributed by atoms with Gasteiger partial charge in [0.05, 0.1) is 5.60 Å². The number of unbranched alkanes of at least 4 members (excludes halogenated alkanes) is 1. The fourth-order valence-corrected chi connectivity index (χ4v) is 2.26. The van der Waals surface area contributed by atoms with Crippen LogP contribution in [0.3, 0.4) is 0 Å². The molecular weight excluding hydrogens is 256 g/mol. The third-order valence-electron chi connectivity index (χ3n) is 2.75. The molecular formula is C12H23BrO2. The molecule has 2 nitrogen and oxygen atoms in total. The van der Waals surface area contributed by atoms with Crippen LogP contribution in [0, 0.1) is 0 Å². The van der Waals surface area contributed by atoms with E-state index < -0.39 is 0 Å². The van der Waals surface area contributed by atoms with Gasteiger partial charge in [0.2, 0.25) is 0 Å². The van der Waals surface area contributed by atoms with Crippen molar-refractivity contribution in [2.75, 3.05) is 11.9 Å². The maximum atomic E-state index is 5.99. The molecule has 1 fully saturated rings. The third kappa shape index (κ3) is 5.88. The van der Waals surface area contributed by atoms with Crippen molar-refractivity contribution in [1.82, 2.24) is 0 Å². The van der Waals surface area contributed by atoms with Crippen LogP contribution in [0.4, 0.5) is 0 Å². The molecule has 0 aliphatic carbocycles.